The molecule has 8 nitrogen and oxygen atoms in total. The molecule has 2 aliphatic rings. The van der Waals surface area contributed by atoms with Crippen molar-refractivity contribution in [2.75, 3.05) is 69.4 Å². The SMILES string of the molecule is CCOCCC1CCN(c2nc(Nc3ccc(OCCN4CCCC4)c(COCC)c3)ncc2C)CC1. The number of ether oxygens (including phenoxy) is 3. The van der Waals surface area contributed by atoms with Crippen LogP contribution in [0.1, 0.15) is 57.1 Å². The minimum absolute atomic E-state index is 0.517. The van der Waals surface area contributed by atoms with E-state index in [9.17, 15) is 0 Å². The van der Waals surface area contributed by atoms with Crippen LogP contribution < -0.4 is 15.0 Å². The minimum atomic E-state index is 0.517. The summed E-state index contributed by atoms with van der Waals surface area (Å²) in [6.07, 6.45) is 8.03. The Balaban J connectivity index is 1.37. The van der Waals surface area contributed by atoms with Gasteiger partial charge >= 0.3 is 0 Å². The van der Waals surface area contributed by atoms with Gasteiger partial charge in [-0.1, -0.05) is 0 Å². The third kappa shape index (κ3) is 8.28. The van der Waals surface area contributed by atoms with E-state index in [0.717, 1.165) is 73.6 Å². The lowest BCUT2D eigenvalue weighted by atomic mass is 9.94. The zero-order valence-electron chi connectivity index (χ0n) is 23.0. The summed E-state index contributed by atoms with van der Waals surface area (Å²) in [5.41, 5.74) is 3.08. The maximum Gasteiger partial charge on any atom is 0.229 e. The first-order valence-corrected chi connectivity index (χ1v) is 14.2. The summed E-state index contributed by atoms with van der Waals surface area (Å²) in [6.45, 7) is 15.1. The lowest BCUT2D eigenvalue weighted by molar-refractivity contribution is 0.127. The van der Waals surface area contributed by atoms with Crippen molar-refractivity contribution in [3.05, 3.63) is 35.5 Å². The molecule has 0 radical (unpaired) electrons. The van der Waals surface area contributed by atoms with Crippen LogP contribution in [0.25, 0.3) is 0 Å². The van der Waals surface area contributed by atoms with Gasteiger partial charge < -0.3 is 24.4 Å². The van der Waals surface area contributed by atoms with Gasteiger partial charge in [-0.25, -0.2) is 4.98 Å². The molecule has 37 heavy (non-hydrogen) atoms. The molecule has 2 aliphatic heterocycles. The van der Waals surface area contributed by atoms with Crippen molar-refractivity contribution >= 4 is 17.5 Å². The molecule has 204 valence electrons. The van der Waals surface area contributed by atoms with Crippen LogP contribution in [0.4, 0.5) is 17.5 Å². The number of rotatable bonds is 14. The topological polar surface area (TPSA) is 72.0 Å². The second-order valence-electron chi connectivity index (χ2n) is 10.1. The molecule has 4 rings (SSSR count). The van der Waals surface area contributed by atoms with Gasteiger partial charge in [0.15, 0.2) is 0 Å². The molecule has 0 aliphatic carbocycles. The van der Waals surface area contributed by atoms with Crippen LogP contribution in [-0.2, 0) is 16.1 Å². The van der Waals surface area contributed by atoms with Gasteiger partial charge in [-0.3, -0.25) is 4.90 Å². The molecule has 8 heteroatoms. The molecule has 1 N–H and O–H groups in total. The Morgan fingerprint density at radius 2 is 1.78 bits per heavy atom. The fraction of sp³-hybridized carbons (Fsp3) is 0.655. The molecule has 2 saturated heterocycles. The van der Waals surface area contributed by atoms with Gasteiger partial charge in [-0.2, -0.15) is 4.98 Å². The number of piperidine rings is 1. The first kappa shape index (κ1) is 27.6. The van der Waals surface area contributed by atoms with Gasteiger partial charge in [0.1, 0.15) is 18.2 Å². The number of aryl methyl sites for hydroxylation is 1. The normalized spacial score (nSPS) is 16.9. The summed E-state index contributed by atoms with van der Waals surface area (Å²) in [5, 5.41) is 3.41. The zero-order valence-corrected chi connectivity index (χ0v) is 23.0. The van der Waals surface area contributed by atoms with Crippen molar-refractivity contribution in [3.63, 3.8) is 0 Å². The zero-order chi connectivity index (χ0) is 25.9. The van der Waals surface area contributed by atoms with Gasteiger partial charge in [-0.15, -0.1) is 0 Å². The summed E-state index contributed by atoms with van der Waals surface area (Å²) < 4.78 is 17.5. The van der Waals surface area contributed by atoms with Crippen LogP contribution in [0.5, 0.6) is 5.75 Å². The third-order valence-corrected chi connectivity index (χ3v) is 7.38. The van der Waals surface area contributed by atoms with Crippen molar-refractivity contribution in [3.8, 4) is 5.75 Å². The molecule has 0 atom stereocenters. The fourth-order valence-corrected chi connectivity index (χ4v) is 5.18. The van der Waals surface area contributed by atoms with Gasteiger partial charge in [0, 0.05) is 62.5 Å². The van der Waals surface area contributed by atoms with Crippen molar-refractivity contribution in [1.82, 2.24) is 14.9 Å². The molecule has 2 aromatic rings. The first-order chi connectivity index (χ1) is 18.2. The standard InChI is InChI=1S/C29H45N5O3/c1-4-35-18-12-24-10-15-34(16-11-24)28-23(3)21-30-29(32-28)31-26-8-9-27(25(20-26)22-36-5-2)37-19-17-33-13-6-7-14-33/h8-9,20-21,24H,4-7,10-19,22H2,1-3H3,(H,30,31,32). The Bertz CT molecular complexity index is 959. The van der Waals surface area contributed by atoms with Gasteiger partial charge in [0.05, 0.1) is 6.61 Å². The molecule has 2 fully saturated rings. The smallest absolute Gasteiger partial charge is 0.229 e. The number of nitrogens with zero attached hydrogens (tertiary/aromatic N) is 4. The van der Waals surface area contributed by atoms with Crippen molar-refractivity contribution in [2.45, 2.75) is 59.5 Å². The number of aromatic nitrogens is 2. The number of hydrogen-bond acceptors (Lipinski definition) is 8. The summed E-state index contributed by atoms with van der Waals surface area (Å²) >= 11 is 0. The maximum atomic E-state index is 6.16. The maximum absolute atomic E-state index is 6.16. The van der Waals surface area contributed by atoms with E-state index in [0.29, 0.717) is 25.8 Å². The Morgan fingerprint density at radius 1 is 1.00 bits per heavy atom. The van der Waals surface area contributed by atoms with Gasteiger partial charge in [0.25, 0.3) is 0 Å². The molecular weight excluding hydrogens is 466 g/mol. The van der Waals surface area contributed by atoms with Crippen LogP contribution >= 0.6 is 0 Å². The summed E-state index contributed by atoms with van der Waals surface area (Å²) in [7, 11) is 0. The Kier molecular flexibility index (Phi) is 10.8. The average Bonchev–Trinajstić information content (AvgIpc) is 3.44. The third-order valence-electron chi connectivity index (χ3n) is 7.38. The quantitative estimate of drug-likeness (QED) is 0.348. The largest absolute Gasteiger partial charge is 0.492 e. The van der Waals surface area contributed by atoms with E-state index in [-0.39, 0.29) is 0 Å². The highest BCUT2D eigenvalue weighted by molar-refractivity contribution is 5.59. The van der Waals surface area contributed by atoms with Gasteiger partial charge in [0.2, 0.25) is 5.95 Å². The number of benzene rings is 1. The second kappa shape index (κ2) is 14.5. The molecule has 1 aromatic heterocycles. The van der Waals surface area contributed by atoms with Crippen LogP contribution in [0.15, 0.2) is 24.4 Å². The van der Waals surface area contributed by atoms with Gasteiger partial charge in [-0.05, 0) is 90.1 Å². The fourth-order valence-electron chi connectivity index (χ4n) is 5.18. The summed E-state index contributed by atoms with van der Waals surface area (Å²) in [4.78, 5) is 14.3. The number of nitrogens with one attached hydrogen (secondary N) is 1. The lowest BCUT2D eigenvalue weighted by Crippen LogP contribution is -2.35. The number of hydrogen-bond donors (Lipinski definition) is 1. The molecule has 0 saturated carbocycles. The van der Waals surface area contributed by atoms with Crippen molar-refractivity contribution in [1.29, 1.82) is 0 Å². The van der Waals surface area contributed by atoms with Crippen LogP contribution in [0, 0.1) is 12.8 Å². The monoisotopic (exact) mass is 511 g/mol. The van der Waals surface area contributed by atoms with E-state index >= 15 is 0 Å². The van der Waals surface area contributed by atoms with Crippen LogP contribution in [0.3, 0.4) is 0 Å². The molecule has 3 heterocycles. The molecule has 0 amide bonds. The van der Waals surface area contributed by atoms with E-state index in [1.807, 2.05) is 25.3 Å². The Labute approximate surface area is 222 Å². The predicted octanol–water partition coefficient (Wildman–Crippen LogP) is 5.18. The summed E-state index contributed by atoms with van der Waals surface area (Å²) in [6, 6.07) is 6.16. The highest BCUT2D eigenvalue weighted by Crippen LogP contribution is 2.29. The molecule has 0 spiro atoms. The lowest BCUT2D eigenvalue weighted by Gasteiger charge is -2.33. The van der Waals surface area contributed by atoms with E-state index in [1.165, 1.54) is 38.8 Å². The van der Waals surface area contributed by atoms with E-state index in [1.54, 1.807) is 0 Å². The number of anilines is 3. The molecule has 1 aromatic carbocycles. The van der Waals surface area contributed by atoms with Crippen LogP contribution in [0.2, 0.25) is 0 Å². The van der Waals surface area contributed by atoms with E-state index < -0.39 is 0 Å². The second-order valence-corrected chi connectivity index (χ2v) is 10.1. The van der Waals surface area contributed by atoms with E-state index in [2.05, 4.69) is 40.0 Å². The molecule has 0 unspecified atom stereocenters. The molecular formula is C29H45N5O3. The Hall–Kier alpha value is -2.42. The molecule has 0 bridgehead atoms. The van der Waals surface area contributed by atoms with Crippen molar-refractivity contribution in [2.24, 2.45) is 5.92 Å². The van der Waals surface area contributed by atoms with E-state index in [4.69, 9.17) is 19.2 Å². The van der Waals surface area contributed by atoms with Crippen LogP contribution in [-0.4, -0.2) is 74.0 Å². The average molecular weight is 512 g/mol. The summed E-state index contributed by atoms with van der Waals surface area (Å²) in [5.74, 6) is 3.26. The number of likely N-dealkylation sites (tertiary alicyclic amines) is 1. The highest BCUT2D eigenvalue weighted by Gasteiger charge is 2.22. The predicted molar refractivity (Wildman–Crippen MR) is 149 cm³/mol. The highest BCUT2D eigenvalue weighted by atomic mass is 16.5. The van der Waals surface area contributed by atoms with Crippen molar-refractivity contribution < 1.29 is 14.2 Å². The Morgan fingerprint density at radius 3 is 2.54 bits per heavy atom. The minimum Gasteiger partial charge on any atom is -0.492 e. The first-order valence-electron chi connectivity index (χ1n) is 14.2.